The zero-order valence-corrected chi connectivity index (χ0v) is 18.0. The van der Waals surface area contributed by atoms with E-state index in [4.69, 9.17) is 4.74 Å². The smallest absolute Gasteiger partial charge is 0.278 e. The van der Waals surface area contributed by atoms with Gasteiger partial charge in [-0.1, -0.05) is 24.3 Å². The molecule has 2 aromatic carbocycles. The van der Waals surface area contributed by atoms with Crippen LogP contribution in [0.25, 0.3) is 5.57 Å². The SMILES string of the molecule is COc1ccccc1N1CCN(C2=C(c3ccc(F)cc3)C(=O)N(C(C)C)C2=O)CC1. The summed E-state index contributed by atoms with van der Waals surface area (Å²) in [6.45, 7) is 6.18. The number of para-hydroxylation sites is 2. The molecule has 2 heterocycles. The summed E-state index contributed by atoms with van der Waals surface area (Å²) in [5, 5.41) is 0. The molecular formula is C24H26FN3O3. The molecular weight excluding hydrogens is 397 g/mol. The molecule has 0 atom stereocenters. The van der Waals surface area contributed by atoms with Crippen LogP contribution in [0, 0.1) is 5.82 Å². The fourth-order valence-corrected chi connectivity index (χ4v) is 4.24. The Morgan fingerprint density at radius 2 is 1.48 bits per heavy atom. The highest BCUT2D eigenvalue weighted by Gasteiger charge is 2.43. The van der Waals surface area contributed by atoms with Crippen molar-refractivity contribution in [2.45, 2.75) is 19.9 Å². The van der Waals surface area contributed by atoms with Crippen molar-refractivity contribution >= 4 is 23.1 Å². The topological polar surface area (TPSA) is 53.1 Å². The lowest BCUT2D eigenvalue weighted by Crippen LogP contribution is -2.48. The molecule has 31 heavy (non-hydrogen) atoms. The number of benzene rings is 2. The summed E-state index contributed by atoms with van der Waals surface area (Å²) in [7, 11) is 1.65. The third-order valence-electron chi connectivity index (χ3n) is 5.76. The van der Waals surface area contributed by atoms with Crippen molar-refractivity contribution < 1.29 is 18.7 Å². The average Bonchev–Trinajstić information content (AvgIpc) is 3.04. The van der Waals surface area contributed by atoms with Crippen LogP contribution in [0.1, 0.15) is 19.4 Å². The highest BCUT2D eigenvalue weighted by Crippen LogP contribution is 2.35. The molecule has 0 radical (unpaired) electrons. The first-order valence-electron chi connectivity index (χ1n) is 10.4. The van der Waals surface area contributed by atoms with E-state index in [-0.39, 0.29) is 23.7 Å². The number of hydrogen-bond acceptors (Lipinski definition) is 5. The normalized spacial score (nSPS) is 17.3. The number of rotatable bonds is 5. The van der Waals surface area contributed by atoms with E-state index in [1.54, 1.807) is 19.2 Å². The van der Waals surface area contributed by atoms with Crippen molar-refractivity contribution in [1.29, 1.82) is 0 Å². The number of methoxy groups -OCH3 is 1. The van der Waals surface area contributed by atoms with Crippen molar-refractivity contribution in [3.63, 3.8) is 0 Å². The molecule has 0 N–H and O–H groups in total. The van der Waals surface area contributed by atoms with Gasteiger partial charge in [0.05, 0.1) is 18.4 Å². The van der Waals surface area contributed by atoms with Crippen LogP contribution in [0.4, 0.5) is 10.1 Å². The van der Waals surface area contributed by atoms with Crippen LogP contribution >= 0.6 is 0 Å². The zero-order chi connectivity index (χ0) is 22.1. The molecule has 2 aliphatic rings. The quantitative estimate of drug-likeness (QED) is 0.692. The van der Waals surface area contributed by atoms with Gasteiger partial charge in [-0.05, 0) is 43.7 Å². The van der Waals surface area contributed by atoms with Crippen LogP contribution in [-0.2, 0) is 9.59 Å². The van der Waals surface area contributed by atoms with Gasteiger partial charge in [-0.3, -0.25) is 14.5 Å². The first-order valence-corrected chi connectivity index (χ1v) is 10.4. The highest BCUT2D eigenvalue weighted by atomic mass is 19.1. The maximum absolute atomic E-state index is 13.5. The number of carbonyl (C=O) groups excluding carboxylic acids is 2. The van der Waals surface area contributed by atoms with Gasteiger partial charge in [-0.15, -0.1) is 0 Å². The van der Waals surface area contributed by atoms with E-state index in [0.29, 0.717) is 43.0 Å². The highest BCUT2D eigenvalue weighted by molar-refractivity contribution is 6.35. The van der Waals surface area contributed by atoms with Gasteiger partial charge in [-0.25, -0.2) is 4.39 Å². The third kappa shape index (κ3) is 3.76. The fraction of sp³-hybridized carbons (Fsp3) is 0.333. The number of hydrogen-bond donors (Lipinski definition) is 0. The lowest BCUT2D eigenvalue weighted by atomic mass is 10.0. The summed E-state index contributed by atoms with van der Waals surface area (Å²) in [5.74, 6) is -0.187. The van der Waals surface area contributed by atoms with Crippen LogP contribution in [0.15, 0.2) is 54.2 Å². The first-order chi connectivity index (χ1) is 14.9. The molecule has 0 spiro atoms. The van der Waals surface area contributed by atoms with Gasteiger partial charge in [0.15, 0.2) is 0 Å². The molecule has 0 aliphatic carbocycles. The molecule has 1 fully saturated rings. The molecule has 162 valence electrons. The van der Waals surface area contributed by atoms with Crippen molar-refractivity contribution in [2.24, 2.45) is 0 Å². The number of piperazine rings is 1. The van der Waals surface area contributed by atoms with E-state index in [0.717, 1.165) is 11.4 Å². The van der Waals surface area contributed by atoms with Gasteiger partial charge in [0.1, 0.15) is 17.3 Å². The van der Waals surface area contributed by atoms with E-state index in [1.807, 2.05) is 43.0 Å². The van der Waals surface area contributed by atoms with Crippen molar-refractivity contribution in [1.82, 2.24) is 9.80 Å². The van der Waals surface area contributed by atoms with Crippen molar-refractivity contribution in [3.05, 3.63) is 65.6 Å². The molecule has 6 nitrogen and oxygen atoms in total. The molecule has 0 aromatic heterocycles. The monoisotopic (exact) mass is 423 g/mol. The second kappa shape index (κ2) is 8.41. The lowest BCUT2D eigenvalue weighted by molar-refractivity contribution is -0.139. The zero-order valence-electron chi connectivity index (χ0n) is 18.0. The van der Waals surface area contributed by atoms with Gasteiger partial charge < -0.3 is 14.5 Å². The minimum absolute atomic E-state index is 0.261. The Morgan fingerprint density at radius 3 is 2.10 bits per heavy atom. The molecule has 0 bridgehead atoms. The van der Waals surface area contributed by atoms with Crippen LogP contribution in [0.2, 0.25) is 0 Å². The Hall–Kier alpha value is -3.35. The molecule has 4 rings (SSSR count). The summed E-state index contributed by atoms with van der Waals surface area (Å²) >= 11 is 0. The number of nitrogens with zero attached hydrogens (tertiary/aromatic N) is 3. The van der Waals surface area contributed by atoms with Crippen LogP contribution < -0.4 is 9.64 Å². The second-order valence-electron chi connectivity index (χ2n) is 7.95. The molecule has 0 unspecified atom stereocenters. The summed E-state index contributed by atoms with van der Waals surface area (Å²) in [5.41, 5.74) is 2.33. The lowest BCUT2D eigenvalue weighted by Gasteiger charge is -2.38. The number of ether oxygens (including phenoxy) is 1. The number of amides is 2. The Morgan fingerprint density at radius 1 is 0.871 bits per heavy atom. The van der Waals surface area contributed by atoms with E-state index in [2.05, 4.69) is 4.90 Å². The Bertz CT molecular complexity index is 1020. The predicted octanol–water partition coefficient (Wildman–Crippen LogP) is 3.14. The van der Waals surface area contributed by atoms with Gasteiger partial charge >= 0.3 is 0 Å². The number of carbonyl (C=O) groups is 2. The Balaban J connectivity index is 1.65. The molecule has 1 saturated heterocycles. The number of anilines is 1. The predicted molar refractivity (Wildman–Crippen MR) is 117 cm³/mol. The van der Waals surface area contributed by atoms with Crippen LogP contribution in [0.5, 0.6) is 5.75 Å². The van der Waals surface area contributed by atoms with Gasteiger partial charge in [-0.2, -0.15) is 0 Å². The van der Waals surface area contributed by atoms with E-state index < -0.39 is 0 Å². The Kier molecular flexibility index (Phi) is 5.67. The second-order valence-corrected chi connectivity index (χ2v) is 7.95. The van der Waals surface area contributed by atoms with Gasteiger partial charge in [0.25, 0.3) is 11.8 Å². The molecule has 2 amide bonds. The minimum Gasteiger partial charge on any atom is -0.495 e. The average molecular weight is 423 g/mol. The minimum atomic E-state index is -0.381. The summed E-state index contributed by atoms with van der Waals surface area (Å²) in [6.07, 6.45) is 0. The third-order valence-corrected chi connectivity index (χ3v) is 5.76. The summed E-state index contributed by atoms with van der Waals surface area (Å²) < 4.78 is 18.9. The van der Waals surface area contributed by atoms with E-state index in [9.17, 15) is 14.0 Å². The van der Waals surface area contributed by atoms with Gasteiger partial charge in [0.2, 0.25) is 0 Å². The summed E-state index contributed by atoms with van der Waals surface area (Å²) in [4.78, 5) is 31.9. The summed E-state index contributed by atoms with van der Waals surface area (Å²) in [6, 6.07) is 13.3. The largest absolute Gasteiger partial charge is 0.495 e. The van der Waals surface area contributed by atoms with E-state index >= 15 is 0 Å². The van der Waals surface area contributed by atoms with Crippen LogP contribution in [0.3, 0.4) is 0 Å². The standard InChI is InChI=1S/C24H26FN3O3/c1-16(2)28-23(29)21(17-8-10-18(25)11-9-17)22(24(28)30)27-14-12-26(13-15-27)19-6-4-5-7-20(19)31-3/h4-11,16H,12-15H2,1-3H3. The maximum atomic E-state index is 13.5. The van der Waals surface area contributed by atoms with Crippen molar-refractivity contribution in [3.8, 4) is 5.75 Å². The van der Waals surface area contributed by atoms with Crippen LogP contribution in [-0.4, -0.2) is 60.9 Å². The number of halogens is 1. The molecule has 7 heteroatoms. The first kappa shape index (κ1) is 20.9. The molecule has 2 aliphatic heterocycles. The van der Waals surface area contributed by atoms with Gasteiger partial charge in [0, 0.05) is 32.2 Å². The fourth-order valence-electron chi connectivity index (χ4n) is 4.24. The van der Waals surface area contributed by atoms with Crippen molar-refractivity contribution in [2.75, 3.05) is 38.2 Å². The molecule has 2 aromatic rings. The molecule has 0 saturated carbocycles. The Labute approximate surface area is 181 Å². The van der Waals surface area contributed by atoms with E-state index in [1.165, 1.54) is 17.0 Å². The number of imide groups is 1. The maximum Gasteiger partial charge on any atom is 0.278 e.